The summed E-state index contributed by atoms with van der Waals surface area (Å²) in [5.74, 6) is 0.869. The Kier molecular flexibility index (Phi) is 2.19. The van der Waals surface area contributed by atoms with Gasteiger partial charge in [-0.2, -0.15) is 0 Å². The van der Waals surface area contributed by atoms with Gasteiger partial charge in [-0.05, 0) is 43.4 Å². The molecule has 86 valence electrons. The summed E-state index contributed by atoms with van der Waals surface area (Å²) in [6, 6.07) is 7.92. The van der Waals surface area contributed by atoms with Crippen LogP contribution in [-0.2, 0) is 5.60 Å². The van der Waals surface area contributed by atoms with Crippen LogP contribution in [0.1, 0.15) is 31.2 Å². The van der Waals surface area contributed by atoms with Crippen molar-refractivity contribution in [3.05, 3.63) is 29.8 Å². The fourth-order valence-corrected chi connectivity index (χ4v) is 2.28. The van der Waals surface area contributed by atoms with Gasteiger partial charge in [-0.25, -0.2) is 0 Å². The lowest BCUT2D eigenvalue weighted by Crippen LogP contribution is -2.49. The summed E-state index contributed by atoms with van der Waals surface area (Å²) >= 11 is 0. The van der Waals surface area contributed by atoms with E-state index in [1.807, 2.05) is 24.3 Å². The Balaban J connectivity index is 1.78. The Morgan fingerprint density at radius 1 is 1.31 bits per heavy atom. The van der Waals surface area contributed by atoms with Gasteiger partial charge in [0.1, 0.15) is 5.75 Å². The molecule has 0 unspecified atom stereocenters. The molecule has 0 radical (unpaired) electrons. The van der Waals surface area contributed by atoms with Crippen LogP contribution in [0.3, 0.4) is 0 Å². The van der Waals surface area contributed by atoms with Crippen molar-refractivity contribution in [2.24, 2.45) is 5.73 Å². The first-order chi connectivity index (χ1) is 7.66. The standard InChI is InChI=1S/C13H17NO2/c14-10-7-13(15,8-10)9-2-1-3-12(6-9)16-11-4-5-11/h1-3,6,10-11,15H,4-5,7-8,14H2. The molecule has 0 saturated heterocycles. The van der Waals surface area contributed by atoms with Gasteiger partial charge in [0.15, 0.2) is 0 Å². The maximum absolute atomic E-state index is 10.3. The lowest BCUT2D eigenvalue weighted by Gasteiger charge is -2.42. The van der Waals surface area contributed by atoms with Gasteiger partial charge in [0.05, 0.1) is 11.7 Å². The van der Waals surface area contributed by atoms with Crippen molar-refractivity contribution in [3.8, 4) is 5.75 Å². The molecule has 0 aromatic heterocycles. The van der Waals surface area contributed by atoms with Crippen molar-refractivity contribution in [2.75, 3.05) is 0 Å². The van der Waals surface area contributed by atoms with Crippen LogP contribution in [0.2, 0.25) is 0 Å². The highest BCUT2D eigenvalue weighted by Gasteiger charge is 2.42. The fraction of sp³-hybridized carbons (Fsp3) is 0.538. The number of benzene rings is 1. The summed E-state index contributed by atoms with van der Waals surface area (Å²) in [4.78, 5) is 0. The van der Waals surface area contributed by atoms with Gasteiger partial charge in [0.2, 0.25) is 0 Å². The molecule has 0 aliphatic heterocycles. The van der Waals surface area contributed by atoms with Crippen LogP contribution in [0.4, 0.5) is 0 Å². The van der Waals surface area contributed by atoms with Crippen LogP contribution < -0.4 is 10.5 Å². The second-order valence-electron chi connectivity index (χ2n) is 5.04. The van der Waals surface area contributed by atoms with E-state index in [4.69, 9.17) is 10.5 Å². The molecule has 0 bridgehead atoms. The van der Waals surface area contributed by atoms with E-state index in [2.05, 4.69) is 0 Å². The number of hydrogen-bond donors (Lipinski definition) is 2. The van der Waals surface area contributed by atoms with E-state index in [1.165, 1.54) is 0 Å². The molecule has 0 heterocycles. The minimum Gasteiger partial charge on any atom is -0.490 e. The average Bonchev–Trinajstić information content (AvgIpc) is 3.00. The summed E-state index contributed by atoms with van der Waals surface area (Å²) in [6.07, 6.45) is 4.01. The maximum Gasteiger partial charge on any atom is 0.120 e. The molecule has 0 spiro atoms. The number of aliphatic hydroxyl groups is 1. The van der Waals surface area contributed by atoms with Crippen molar-refractivity contribution in [1.29, 1.82) is 0 Å². The van der Waals surface area contributed by atoms with Crippen molar-refractivity contribution >= 4 is 0 Å². The zero-order chi connectivity index (χ0) is 11.2. The Morgan fingerprint density at radius 3 is 2.69 bits per heavy atom. The second-order valence-corrected chi connectivity index (χ2v) is 5.04. The molecule has 0 atom stereocenters. The quantitative estimate of drug-likeness (QED) is 0.810. The summed E-state index contributed by atoms with van der Waals surface area (Å²) in [5, 5.41) is 10.3. The Labute approximate surface area is 95.2 Å². The summed E-state index contributed by atoms with van der Waals surface area (Å²) < 4.78 is 5.71. The van der Waals surface area contributed by atoms with Crippen LogP contribution in [0, 0.1) is 0 Å². The number of nitrogens with two attached hydrogens (primary N) is 1. The molecule has 2 saturated carbocycles. The molecule has 2 fully saturated rings. The molecular weight excluding hydrogens is 202 g/mol. The van der Waals surface area contributed by atoms with E-state index in [9.17, 15) is 5.11 Å². The number of hydrogen-bond acceptors (Lipinski definition) is 3. The van der Waals surface area contributed by atoms with Crippen molar-refractivity contribution in [2.45, 2.75) is 43.4 Å². The van der Waals surface area contributed by atoms with E-state index < -0.39 is 5.60 Å². The normalized spacial score (nSPS) is 33.2. The van der Waals surface area contributed by atoms with Gasteiger partial charge < -0.3 is 15.6 Å². The Bertz CT molecular complexity index is 395. The van der Waals surface area contributed by atoms with E-state index >= 15 is 0 Å². The predicted molar refractivity (Wildman–Crippen MR) is 61.2 cm³/mol. The molecule has 1 aromatic carbocycles. The monoisotopic (exact) mass is 219 g/mol. The molecule has 3 rings (SSSR count). The highest BCUT2D eigenvalue weighted by Crippen LogP contribution is 2.41. The van der Waals surface area contributed by atoms with Crippen LogP contribution in [-0.4, -0.2) is 17.3 Å². The third-order valence-corrected chi connectivity index (χ3v) is 3.40. The minimum absolute atomic E-state index is 0.137. The Morgan fingerprint density at radius 2 is 2.06 bits per heavy atom. The molecule has 3 N–H and O–H groups in total. The zero-order valence-corrected chi connectivity index (χ0v) is 9.23. The number of ether oxygens (including phenoxy) is 1. The fourth-order valence-electron chi connectivity index (χ4n) is 2.28. The highest BCUT2D eigenvalue weighted by molar-refractivity contribution is 5.34. The summed E-state index contributed by atoms with van der Waals surface area (Å²) in [7, 11) is 0. The zero-order valence-electron chi connectivity index (χ0n) is 9.23. The Hall–Kier alpha value is -1.06. The first-order valence-electron chi connectivity index (χ1n) is 5.91. The smallest absolute Gasteiger partial charge is 0.120 e. The van der Waals surface area contributed by atoms with Gasteiger partial charge >= 0.3 is 0 Å². The van der Waals surface area contributed by atoms with E-state index in [0.29, 0.717) is 18.9 Å². The van der Waals surface area contributed by atoms with Crippen LogP contribution >= 0.6 is 0 Å². The first-order valence-corrected chi connectivity index (χ1v) is 5.91. The highest BCUT2D eigenvalue weighted by atomic mass is 16.5. The second kappa shape index (κ2) is 3.47. The number of rotatable bonds is 3. The lowest BCUT2D eigenvalue weighted by atomic mass is 9.72. The molecule has 3 nitrogen and oxygen atoms in total. The summed E-state index contributed by atoms with van der Waals surface area (Å²) in [5.41, 5.74) is 5.95. The molecule has 3 heteroatoms. The minimum atomic E-state index is -0.720. The van der Waals surface area contributed by atoms with Crippen LogP contribution in [0.25, 0.3) is 0 Å². The molecule has 1 aromatic rings. The molecular formula is C13H17NO2. The van der Waals surface area contributed by atoms with E-state index in [1.54, 1.807) is 0 Å². The third-order valence-electron chi connectivity index (χ3n) is 3.40. The van der Waals surface area contributed by atoms with E-state index in [-0.39, 0.29) is 6.04 Å². The largest absolute Gasteiger partial charge is 0.490 e. The molecule has 16 heavy (non-hydrogen) atoms. The third kappa shape index (κ3) is 1.81. The van der Waals surface area contributed by atoms with Crippen molar-refractivity contribution in [1.82, 2.24) is 0 Å². The van der Waals surface area contributed by atoms with Crippen molar-refractivity contribution in [3.63, 3.8) is 0 Å². The molecule has 2 aliphatic rings. The van der Waals surface area contributed by atoms with E-state index in [0.717, 1.165) is 24.2 Å². The van der Waals surface area contributed by atoms with Gasteiger partial charge in [-0.1, -0.05) is 12.1 Å². The van der Waals surface area contributed by atoms with Crippen molar-refractivity contribution < 1.29 is 9.84 Å². The van der Waals surface area contributed by atoms with Gasteiger partial charge in [0.25, 0.3) is 0 Å². The topological polar surface area (TPSA) is 55.5 Å². The molecule has 2 aliphatic carbocycles. The van der Waals surface area contributed by atoms with Gasteiger partial charge in [-0.15, -0.1) is 0 Å². The lowest BCUT2D eigenvalue weighted by molar-refractivity contribution is -0.0524. The summed E-state index contributed by atoms with van der Waals surface area (Å²) in [6.45, 7) is 0. The van der Waals surface area contributed by atoms with Gasteiger partial charge in [0, 0.05) is 6.04 Å². The predicted octanol–water partition coefficient (Wildman–Crippen LogP) is 1.54. The SMILES string of the molecule is NC1CC(O)(c2cccc(OC3CC3)c2)C1. The molecule has 0 amide bonds. The van der Waals surface area contributed by atoms with Gasteiger partial charge in [-0.3, -0.25) is 0 Å². The average molecular weight is 219 g/mol. The van der Waals surface area contributed by atoms with Crippen LogP contribution in [0.15, 0.2) is 24.3 Å². The first kappa shape index (κ1) is 10.1. The van der Waals surface area contributed by atoms with Crippen LogP contribution in [0.5, 0.6) is 5.75 Å². The maximum atomic E-state index is 10.3.